The first-order valence-corrected chi connectivity index (χ1v) is 3.41. The number of nitrogens with two attached hydrogens (primary N) is 1. The Balaban J connectivity index is 4.33. The molecule has 0 amide bonds. The van der Waals surface area contributed by atoms with Crippen molar-refractivity contribution in [3.63, 3.8) is 0 Å². The van der Waals surface area contributed by atoms with Gasteiger partial charge in [0.05, 0.1) is 12.6 Å². The summed E-state index contributed by atoms with van der Waals surface area (Å²) in [6, 6.07) is -1.25. The van der Waals surface area contributed by atoms with Crippen molar-refractivity contribution in [2.45, 2.75) is 18.2 Å². The predicted molar refractivity (Wildman–Crippen MR) is 39.7 cm³/mol. The topological polar surface area (TPSA) is 141 Å². The van der Waals surface area contributed by atoms with E-state index in [0.29, 0.717) is 0 Å². The van der Waals surface area contributed by atoms with Crippen molar-refractivity contribution in [1.29, 1.82) is 0 Å². The maximum atomic E-state index is 10.6. The number of aliphatic hydroxyl groups excluding tert-OH is 3. The van der Waals surface area contributed by atoms with E-state index >= 15 is 0 Å². The van der Waals surface area contributed by atoms with Crippen molar-refractivity contribution in [2.75, 3.05) is 6.61 Å². The Bertz CT molecular complexity index is 205. The van der Waals surface area contributed by atoms with Crippen molar-refractivity contribution >= 4 is 11.8 Å². The van der Waals surface area contributed by atoms with Crippen LogP contribution < -0.4 is 5.73 Å². The SMILES string of the molecule is N[C@@H](CO)[C@H](O)[C@@H](O)C(=O)C(=O)O. The number of hydrogen-bond acceptors (Lipinski definition) is 6. The highest BCUT2D eigenvalue weighted by Gasteiger charge is 2.32. The number of carboxylic acids is 1. The molecule has 0 aliphatic carbocycles. The Morgan fingerprint density at radius 2 is 1.77 bits per heavy atom. The molecule has 76 valence electrons. The summed E-state index contributed by atoms with van der Waals surface area (Å²) < 4.78 is 0. The van der Waals surface area contributed by atoms with Crippen molar-refractivity contribution in [2.24, 2.45) is 5.73 Å². The largest absolute Gasteiger partial charge is 0.475 e. The molecule has 3 atom stereocenters. The first-order chi connectivity index (χ1) is 5.91. The van der Waals surface area contributed by atoms with Crippen LogP contribution in [0, 0.1) is 0 Å². The Kier molecular flexibility index (Phi) is 4.49. The molecule has 0 aromatic carbocycles. The molecule has 0 unspecified atom stereocenters. The smallest absolute Gasteiger partial charge is 0.375 e. The van der Waals surface area contributed by atoms with E-state index in [1.165, 1.54) is 0 Å². The van der Waals surface area contributed by atoms with Gasteiger partial charge in [-0.05, 0) is 0 Å². The normalized spacial score (nSPS) is 17.5. The maximum absolute atomic E-state index is 10.6. The minimum absolute atomic E-state index is 0.662. The lowest BCUT2D eigenvalue weighted by molar-refractivity contribution is -0.156. The summed E-state index contributed by atoms with van der Waals surface area (Å²) in [5, 5.41) is 34.4. The number of carboxylic acid groups (broad SMARTS) is 1. The van der Waals surface area contributed by atoms with E-state index < -0.39 is 36.6 Å². The number of aliphatic carboxylic acids is 1. The van der Waals surface area contributed by atoms with Crippen LogP contribution in [0.1, 0.15) is 0 Å². The van der Waals surface area contributed by atoms with Crippen LogP contribution in [-0.4, -0.2) is 57.0 Å². The van der Waals surface area contributed by atoms with Crippen LogP contribution in [0.2, 0.25) is 0 Å². The van der Waals surface area contributed by atoms with Gasteiger partial charge in [0.1, 0.15) is 6.10 Å². The van der Waals surface area contributed by atoms with E-state index in [0.717, 1.165) is 0 Å². The molecule has 0 saturated heterocycles. The molecule has 0 bridgehead atoms. The molecule has 0 aliphatic heterocycles. The average molecular weight is 193 g/mol. The molecule has 0 saturated carbocycles. The summed E-state index contributed by atoms with van der Waals surface area (Å²) in [6.07, 6.45) is -3.90. The first-order valence-electron chi connectivity index (χ1n) is 3.41. The fourth-order valence-electron chi connectivity index (χ4n) is 0.624. The highest BCUT2D eigenvalue weighted by atomic mass is 16.4. The molecule has 7 nitrogen and oxygen atoms in total. The molecule has 6 N–H and O–H groups in total. The number of carbonyl (C=O) groups excluding carboxylic acids is 1. The van der Waals surface area contributed by atoms with E-state index in [2.05, 4.69) is 0 Å². The summed E-state index contributed by atoms with van der Waals surface area (Å²) in [5.41, 5.74) is 5.05. The standard InChI is InChI=1S/C6H11NO6/c7-2(1-8)3(9)4(10)5(11)6(12)13/h2-4,8-10H,1,7H2,(H,12,13)/t2-,3-,4+/m0/s1. The lowest BCUT2D eigenvalue weighted by atomic mass is 10.0. The lowest BCUT2D eigenvalue weighted by Crippen LogP contribution is -2.50. The summed E-state index contributed by atoms with van der Waals surface area (Å²) in [4.78, 5) is 20.6. The molecule has 0 spiro atoms. The van der Waals surface area contributed by atoms with Gasteiger partial charge in [0, 0.05) is 0 Å². The van der Waals surface area contributed by atoms with Gasteiger partial charge in [0.25, 0.3) is 5.78 Å². The van der Waals surface area contributed by atoms with E-state index in [4.69, 9.17) is 26.2 Å². The maximum Gasteiger partial charge on any atom is 0.375 e. The van der Waals surface area contributed by atoms with Gasteiger partial charge in [-0.15, -0.1) is 0 Å². The van der Waals surface area contributed by atoms with Gasteiger partial charge in [0.2, 0.25) is 0 Å². The van der Waals surface area contributed by atoms with Crippen molar-refractivity contribution in [3.8, 4) is 0 Å². The summed E-state index contributed by atoms with van der Waals surface area (Å²) >= 11 is 0. The summed E-state index contributed by atoms with van der Waals surface area (Å²) in [6.45, 7) is -0.662. The Morgan fingerprint density at radius 3 is 2.08 bits per heavy atom. The summed E-state index contributed by atoms with van der Waals surface area (Å²) in [7, 11) is 0. The van der Waals surface area contributed by atoms with Gasteiger partial charge < -0.3 is 26.2 Å². The zero-order valence-electron chi connectivity index (χ0n) is 6.62. The van der Waals surface area contributed by atoms with Gasteiger partial charge in [-0.1, -0.05) is 0 Å². The third-order valence-electron chi connectivity index (χ3n) is 1.45. The highest BCUT2D eigenvalue weighted by molar-refractivity contribution is 6.34. The number of carbonyl (C=O) groups is 2. The first kappa shape index (κ1) is 12.0. The molecule has 0 heterocycles. The minimum atomic E-state index is -2.11. The Morgan fingerprint density at radius 1 is 1.31 bits per heavy atom. The van der Waals surface area contributed by atoms with Crippen LogP contribution >= 0.6 is 0 Å². The molecule has 13 heavy (non-hydrogen) atoms. The van der Waals surface area contributed by atoms with Gasteiger partial charge in [-0.3, -0.25) is 4.79 Å². The number of aliphatic hydroxyl groups is 3. The van der Waals surface area contributed by atoms with Crippen LogP contribution in [0.25, 0.3) is 0 Å². The second-order valence-corrected chi connectivity index (χ2v) is 2.45. The molecular formula is C6H11NO6. The van der Waals surface area contributed by atoms with Crippen LogP contribution in [0.15, 0.2) is 0 Å². The van der Waals surface area contributed by atoms with Gasteiger partial charge >= 0.3 is 5.97 Å². The second-order valence-electron chi connectivity index (χ2n) is 2.45. The van der Waals surface area contributed by atoms with E-state index in [1.54, 1.807) is 0 Å². The Hall–Kier alpha value is -1.02. The molecule has 7 heteroatoms. The quantitative estimate of drug-likeness (QED) is 0.288. The number of rotatable bonds is 5. The predicted octanol–water partition coefficient (Wildman–Crippen LogP) is -3.32. The number of ketones is 1. The molecule has 0 rings (SSSR count). The monoisotopic (exact) mass is 193 g/mol. The van der Waals surface area contributed by atoms with Crippen molar-refractivity contribution < 1.29 is 30.0 Å². The van der Waals surface area contributed by atoms with Crippen LogP contribution in [-0.2, 0) is 9.59 Å². The number of Topliss-reactive ketones (excluding diaryl/α,β-unsaturated/α-hetero) is 1. The van der Waals surface area contributed by atoms with Gasteiger partial charge in [0.15, 0.2) is 6.10 Å². The number of hydrogen-bond donors (Lipinski definition) is 5. The summed E-state index contributed by atoms with van der Waals surface area (Å²) in [5.74, 6) is -3.42. The van der Waals surface area contributed by atoms with E-state index in [1.807, 2.05) is 0 Å². The minimum Gasteiger partial charge on any atom is -0.475 e. The van der Waals surface area contributed by atoms with Crippen LogP contribution in [0.4, 0.5) is 0 Å². The fourth-order valence-corrected chi connectivity index (χ4v) is 0.624. The van der Waals surface area contributed by atoms with Crippen LogP contribution in [0.5, 0.6) is 0 Å². The fraction of sp³-hybridized carbons (Fsp3) is 0.667. The third kappa shape index (κ3) is 3.07. The zero-order valence-corrected chi connectivity index (χ0v) is 6.62. The van der Waals surface area contributed by atoms with Gasteiger partial charge in [-0.2, -0.15) is 0 Å². The van der Waals surface area contributed by atoms with E-state index in [-0.39, 0.29) is 0 Å². The van der Waals surface area contributed by atoms with Crippen LogP contribution in [0.3, 0.4) is 0 Å². The second kappa shape index (κ2) is 4.87. The zero-order chi connectivity index (χ0) is 10.6. The third-order valence-corrected chi connectivity index (χ3v) is 1.45. The van der Waals surface area contributed by atoms with Gasteiger partial charge in [-0.25, -0.2) is 4.79 Å². The molecule has 0 aromatic heterocycles. The lowest BCUT2D eigenvalue weighted by Gasteiger charge is -2.19. The molecule has 0 fully saturated rings. The Labute approximate surface area is 73.4 Å². The highest BCUT2D eigenvalue weighted by Crippen LogP contribution is 1.99. The average Bonchev–Trinajstić information content (AvgIpc) is 2.12. The molecular weight excluding hydrogens is 182 g/mol. The van der Waals surface area contributed by atoms with Crippen molar-refractivity contribution in [1.82, 2.24) is 0 Å². The molecule has 0 radical (unpaired) electrons. The van der Waals surface area contributed by atoms with Crippen molar-refractivity contribution in [3.05, 3.63) is 0 Å². The molecule has 0 aliphatic rings. The van der Waals surface area contributed by atoms with E-state index in [9.17, 15) is 9.59 Å². The molecule has 0 aromatic rings.